The number of carbonyl (C=O) groups is 1. The Hall–Kier alpha value is -2.86. The Bertz CT molecular complexity index is 866. The zero-order chi connectivity index (χ0) is 15.5. The lowest BCUT2D eigenvalue weighted by atomic mass is 10.00. The van der Waals surface area contributed by atoms with Gasteiger partial charge in [-0.15, -0.1) is 0 Å². The number of dihydropyridines is 1. The number of benzene rings is 2. The zero-order valence-electron chi connectivity index (χ0n) is 12.2. The highest BCUT2D eigenvalue weighted by atomic mass is 16.3. The van der Waals surface area contributed by atoms with Crippen molar-refractivity contribution in [2.24, 2.45) is 4.99 Å². The van der Waals surface area contributed by atoms with Gasteiger partial charge >= 0.3 is 0 Å². The number of nitrogens with zero attached hydrogens (tertiary/aromatic N) is 1. The summed E-state index contributed by atoms with van der Waals surface area (Å²) in [6.45, 7) is 2.04. The normalized spacial score (nSPS) is 16.8. The van der Waals surface area contributed by atoms with Gasteiger partial charge in [0, 0.05) is 34.7 Å². The second-order valence-corrected chi connectivity index (χ2v) is 5.35. The third kappa shape index (κ3) is 2.77. The fraction of sp³-hybridized carbons (Fsp3) is 0.158. The minimum atomic E-state index is 0.190. The van der Waals surface area contributed by atoms with Crippen molar-refractivity contribution in [2.45, 2.75) is 19.4 Å². The summed E-state index contributed by atoms with van der Waals surface area (Å²) < 4.78 is 0. The Morgan fingerprint density at radius 3 is 2.95 bits per heavy atom. The molecule has 1 atom stereocenters. The molecular weight excluding hydrogens is 274 g/mol. The summed E-state index contributed by atoms with van der Waals surface area (Å²) in [6.07, 6.45) is 5.27. The van der Waals surface area contributed by atoms with E-state index in [1.807, 2.05) is 19.1 Å². The van der Waals surface area contributed by atoms with E-state index in [-0.39, 0.29) is 11.8 Å². The van der Waals surface area contributed by atoms with Crippen molar-refractivity contribution < 1.29 is 9.90 Å². The largest absolute Gasteiger partial charge is 0.507 e. The van der Waals surface area contributed by atoms with Crippen molar-refractivity contribution in [3.8, 4) is 17.6 Å². The van der Waals surface area contributed by atoms with Gasteiger partial charge in [-0.2, -0.15) is 0 Å². The standard InChI is InChI=1S/C19H15NO2/c1-13-9-14(7-8-20-13)5-6-15-11-18-16(10-17(15)12-21)3-2-4-19(18)22/h2-4,7-8,10-13,22H,9H2,1H3. The molecule has 0 saturated carbocycles. The van der Waals surface area contributed by atoms with Crippen LogP contribution in [0.3, 0.4) is 0 Å². The number of aliphatic imine (C=N–C) groups is 1. The first-order chi connectivity index (χ1) is 10.7. The van der Waals surface area contributed by atoms with E-state index in [0.29, 0.717) is 16.5 Å². The van der Waals surface area contributed by atoms with Crippen LogP contribution in [0.2, 0.25) is 0 Å². The predicted molar refractivity (Wildman–Crippen MR) is 88.5 cm³/mol. The van der Waals surface area contributed by atoms with E-state index in [4.69, 9.17) is 0 Å². The van der Waals surface area contributed by atoms with Gasteiger partial charge in [-0.05, 0) is 36.6 Å². The first-order valence-electron chi connectivity index (χ1n) is 7.12. The van der Waals surface area contributed by atoms with Gasteiger partial charge in [0.1, 0.15) is 5.75 Å². The molecule has 0 bridgehead atoms. The molecule has 3 rings (SSSR count). The van der Waals surface area contributed by atoms with Crippen LogP contribution in [0.5, 0.6) is 5.75 Å². The van der Waals surface area contributed by atoms with Crippen LogP contribution in [0.1, 0.15) is 29.3 Å². The summed E-state index contributed by atoms with van der Waals surface area (Å²) in [4.78, 5) is 15.6. The van der Waals surface area contributed by atoms with Crippen molar-refractivity contribution in [1.82, 2.24) is 0 Å². The molecule has 1 heterocycles. The fourth-order valence-electron chi connectivity index (χ4n) is 2.49. The average molecular weight is 289 g/mol. The van der Waals surface area contributed by atoms with Gasteiger partial charge in [-0.3, -0.25) is 9.79 Å². The Labute approximate surface area is 129 Å². The smallest absolute Gasteiger partial charge is 0.151 e. The molecule has 108 valence electrons. The van der Waals surface area contributed by atoms with Crippen LogP contribution < -0.4 is 0 Å². The Morgan fingerprint density at radius 2 is 2.18 bits per heavy atom. The number of hydrogen-bond acceptors (Lipinski definition) is 3. The van der Waals surface area contributed by atoms with Crippen molar-refractivity contribution in [1.29, 1.82) is 0 Å². The summed E-state index contributed by atoms with van der Waals surface area (Å²) in [5.41, 5.74) is 2.15. The molecule has 3 nitrogen and oxygen atoms in total. The first kappa shape index (κ1) is 14.1. The van der Waals surface area contributed by atoms with Crippen LogP contribution >= 0.6 is 0 Å². The maximum atomic E-state index is 11.3. The predicted octanol–water partition coefficient (Wildman–Crippen LogP) is 3.50. The molecule has 1 aliphatic heterocycles. The number of phenolic OH excluding ortho intramolecular Hbond substituents is 1. The Balaban J connectivity index is 2.07. The van der Waals surface area contributed by atoms with Crippen LogP contribution in [-0.2, 0) is 0 Å². The van der Waals surface area contributed by atoms with Crippen LogP contribution in [0.25, 0.3) is 10.8 Å². The van der Waals surface area contributed by atoms with E-state index >= 15 is 0 Å². The summed E-state index contributed by atoms with van der Waals surface area (Å²) >= 11 is 0. The van der Waals surface area contributed by atoms with Gasteiger partial charge in [-0.25, -0.2) is 0 Å². The van der Waals surface area contributed by atoms with Crippen LogP contribution in [0, 0.1) is 11.8 Å². The topological polar surface area (TPSA) is 49.7 Å². The third-order valence-electron chi connectivity index (χ3n) is 3.64. The molecule has 2 aromatic carbocycles. The van der Waals surface area contributed by atoms with Gasteiger partial charge in [0.25, 0.3) is 0 Å². The lowest BCUT2D eigenvalue weighted by Crippen LogP contribution is -2.03. The monoisotopic (exact) mass is 289 g/mol. The number of aldehydes is 1. The summed E-state index contributed by atoms with van der Waals surface area (Å²) in [6, 6.07) is 9.00. The quantitative estimate of drug-likeness (QED) is 0.645. The van der Waals surface area contributed by atoms with Gasteiger partial charge < -0.3 is 5.11 Å². The molecule has 22 heavy (non-hydrogen) atoms. The van der Waals surface area contributed by atoms with Crippen LogP contribution in [0.15, 0.2) is 47.0 Å². The van der Waals surface area contributed by atoms with E-state index in [1.165, 1.54) is 0 Å². The molecule has 0 aromatic heterocycles. The van der Waals surface area contributed by atoms with E-state index in [0.717, 1.165) is 23.7 Å². The maximum Gasteiger partial charge on any atom is 0.151 e. The molecule has 0 fully saturated rings. The molecule has 2 aromatic rings. The molecule has 0 saturated heterocycles. The number of allylic oxidation sites excluding steroid dienone is 1. The number of rotatable bonds is 1. The molecule has 1 aliphatic rings. The molecule has 3 heteroatoms. The van der Waals surface area contributed by atoms with Crippen molar-refractivity contribution in [2.75, 3.05) is 0 Å². The van der Waals surface area contributed by atoms with Crippen molar-refractivity contribution >= 4 is 23.3 Å². The van der Waals surface area contributed by atoms with E-state index in [2.05, 4.69) is 16.8 Å². The second-order valence-electron chi connectivity index (χ2n) is 5.35. The Morgan fingerprint density at radius 1 is 1.32 bits per heavy atom. The van der Waals surface area contributed by atoms with Crippen molar-refractivity contribution in [3.05, 3.63) is 53.1 Å². The van der Waals surface area contributed by atoms with Gasteiger partial charge in [0.05, 0.1) is 6.04 Å². The van der Waals surface area contributed by atoms with E-state index in [1.54, 1.807) is 30.5 Å². The van der Waals surface area contributed by atoms with Gasteiger partial charge in [0.2, 0.25) is 0 Å². The molecular formula is C19H15NO2. The zero-order valence-corrected chi connectivity index (χ0v) is 12.2. The lowest BCUT2D eigenvalue weighted by Gasteiger charge is -2.08. The molecule has 0 aliphatic carbocycles. The van der Waals surface area contributed by atoms with Crippen molar-refractivity contribution in [3.63, 3.8) is 0 Å². The van der Waals surface area contributed by atoms with Crippen LogP contribution in [0.4, 0.5) is 0 Å². The number of aromatic hydroxyl groups is 1. The highest BCUT2D eigenvalue weighted by Gasteiger charge is 2.07. The Kier molecular flexibility index (Phi) is 3.76. The summed E-state index contributed by atoms with van der Waals surface area (Å²) in [5.74, 6) is 6.35. The van der Waals surface area contributed by atoms with E-state index in [9.17, 15) is 9.90 Å². The highest BCUT2D eigenvalue weighted by Crippen LogP contribution is 2.27. The average Bonchev–Trinajstić information content (AvgIpc) is 2.53. The number of phenols is 1. The molecule has 1 N–H and O–H groups in total. The van der Waals surface area contributed by atoms with E-state index < -0.39 is 0 Å². The minimum absolute atomic E-state index is 0.190. The lowest BCUT2D eigenvalue weighted by molar-refractivity contribution is 0.112. The molecule has 0 amide bonds. The van der Waals surface area contributed by atoms with Gasteiger partial charge in [-0.1, -0.05) is 24.0 Å². The number of hydrogen-bond donors (Lipinski definition) is 1. The summed E-state index contributed by atoms with van der Waals surface area (Å²) in [7, 11) is 0. The second kappa shape index (κ2) is 5.87. The third-order valence-corrected chi connectivity index (χ3v) is 3.64. The first-order valence-corrected chi connectivity index (χ1v) is 7.12. The SMILES string of the molecule is CC1CC(C#Cc2cc3c(O)cccc3cc2C=O)=CC=N1. The number of fused-ring (bicyclic) bond motifs is 1. The van der Waals surface area contributed by atoms with Gasteiger partial charge in [0.15, 0.2) is 6.29 Å². The molecule has 0 spiro atoms. The minimum Gasteiger partial charge on any atom is -0.507 e. The molecule has 1 unspecified atom stereocenters. The summed E-state index contributed by atoms with van der Waals surface area (Å²) in [5, 5.41) is 11.5. The molecule has 0 radical (unpaired) electrons. The highest BCUT2D eigenvalue weighted by molar-refractivity contribution is 5.95. The van der Waals surface area contributed by atoms with Crippen LogP contribution in [-0.4, -0.2) is 23.6 Å². The maximum absolute atomic E-state index is 11.3. The fourth-order valence-corrected chi connectivity index (χ4v) is 2.49. The number of carbonyl (C=O) groups excluding carboxylic acids is 1.